The van der Waals surface area contributed by atoms with Crippen molar-refractivity contribution in [2.45, 2.75) is 13.5 Å². The molecule has 0 aromatic heterocycles. The number of para-hydroxylation sites is 1. The molecule has 6 heteroatoms. The SMILES string of the molecule is COC(=O)Oc1ccccc1COc1cc(Cl)c(C)cc1Cl. The predicted molar refractivity (Wildman–Crippen MR) is 85.0 cm³/mol. The van der Waals surface area contributed by atoms with E-state index in [1.165, 1.54) is 7.11 Å². The van der Waals surface area contributed by atoms with Crippen LogP contribution in [0.1, 0.15) is 11.1 Å². The maximum Gasteiger partial charge on any atom is 0.513 e. The van der Waals surface area contributed by atoms with Crippen molar-refractivity contribution in [3.05, 3.63) is 57.6 Å². The van der Waals surface area contributed by atoms with Crippen LogP contribution >= 0.6 is 23.2 Å². The van der Waals surface area contributed by atoms with Crippen molar-refractivity contribution in [1.82, 2.24) is 0 Å². The van der Waals surface area contributed by atoms with Gasteiger partial charge >= 0.3 is 6.16 Å². The zero-order valence-electron chi connectivity index (χ0n) is 12.1. The largest absolute Gasteiger partial charge is 0.513 e. The summed E-state index contributed by atoms with van der Waals surface area (Å²) in [7, 11) is 1.25. The Morgan fingerprint density at radius 3 is 2.55 bits per heavy atom. The highest BCUT2D eigenvalue weighted by Gasteiger charge is 2.11. The molecule has 0 amide bonds. The molecule has 0 saturated carbocycles. The standard InChI is InChI=1S/C16H14Cl2O4/c1-10-7-13(18)15(8-12(10)17)21-9-11-5-3-4-6-14(11)22-16(19)20-2/h3-8H,9H2,1-2H3. The summed E-state index contributed by atoms with van der Waals surface area (Å²) in [5, 5.41) is 1.03. The van der Waals surface area contributed by atoms with Crippen molar-refractivity contribution in [3.63, 3.8) is 0 Å². The molecule has 0 aliphatic rings. The van der Waals surface area contributed by atoms with Crippen LogP contribution in [0.2, 0.25) is 10.0 Å². The quantitative estimate of drug-likeness (QED) is 0.578. The van der Waals surface area contributed by atoms with Gasteiger partial charge in [-0.1, -0.05) is 41.4 Å². The lowest BCUT2D eigenvalue weighted by Crippen LogP contribution is -2.09. The van der Waals surface area contributed by atoms with Gasteiger partial charge < -0.3 is 14.2 Å². The van der Waals surface area contributed by atoms with Crippen LogP contribution < -0.4 is 9.47 Å². The molecular weight excluding hydrogens is 327 g/mol. The Kier molecular flexibility index (Phi) is 5.52. The number of methoxy groups -OCH3 is 1. The van der Waals surface area contributed by atoms with Gasteiger partial charge in [0.15, 0.2) is 0 Å². The molecule has 0 spiro atoms. The van der Waals surface area contributed by atoms with Crippen LogP contribution in [0.15, 0.2) is 36.4 Å². The van der Waals surface area contributed by atoms with Crippen molar-refractivity contribution in [2.75, 3.05) is 7.11 Å². The molecule has 0 unspecified atom stereocenters. The summed E-state index contributed by atoms with van der Waals surface area (Å²) >= 11 is 12.2. The third-order valence-corrected chi connectivity index (χ3v) is 3.63. The van der Waals surface area contributed by atoms with E-state index in [0.29, 0.717) is 27.1 Å². The molecule has 2 rings (SSSR count). The smallest absolute Gasteiger partial charge is 0.487 e. The van der Waals surface area contributed by atoms with Crippen LogP contribution in [0.3, 0.4) is 0 Å². The van der Waals surface area contributed by atoms with Crippen molar-refractivity contribution < 1.29 is 19.0 Å². The average Bonchev–Trinajstić information content (AvgIpc) is 2.50. The van der Waals surface area contributed by atoms with E-state index in [2.05, 4.69) is 4.74 Å². The second-order valence-electron chi connectivity index (χ2n) is 4.48. The van der Waals surface area contributed by atoms with E-state index in [9.17, 15) is 4.79 Å². The Bertz CT molecular complexity index is 686. The summed E-state index contributed by atoms with van der Waals surface area (Å²) in [4.78, 5) is 11.2. The van der Waals surface area contributed by atoms with Gasteiger partial charge in [0.2, 0.25) is 0 Å². The second kappa shape index (κ2) is 7.38. The van der Waals surface area contributed by atoms with Crippen LogP contribution in [0.25, 0.3) is 0 Å². The molecule has 0 saturated heterocycles. The molecule has 0 bridgehead atoms. The summed E-state index contributed by atoms with van der Waals surface area (Å²) in [6.07, 6.45) is -0.788. The van der Waals surface area contributed by atoms with Gasteiger partial charge in [0.05, 0.1) is 12.1 Å². The Balaban J connectivity index is 2.15. The van der Waals surface area contributed by atoms with Gasteiger partial charge in [0.1, 0.15) is 18.1 Å². The highest BCUT2D eigenvalue weighted by molar-refractivity contribution is 6.34. The lowest BCUT2D eigenvalue weighted by molar-refractivity contribution is 0.120. The number of carbonyl (C=O) groups excluding carboxylic acids is 1. The molecule has 0 aliphatic carbocycles. The van der Waals surface area contributed by atoms with Crippen LogP contribution in [0.4, 0.5) is 4.79 Å². The molecular formula is C16H14Cl2O4. The van der Waals surface area contributed by atoms with Crippen molar-refractivity contribution >= 4 is 29.4 Å². The lowest BCUT2D eigenvalue weighted by atomic mass is 10.2. The maximum absolute atomic E-state index is 11.2. The van der Waals surface area contributed by atoms with Crippen LogP contribution in [-0.4, -0.2) is 13.3 Å². The fraction of sp³-hybridized carbons (Fsp3) is 0.188. The lowest BCUT2D eigenvalue weighted by Gasteiger charge is -2.12. The van der Waals surface area contributed by atoms with E-state index in [4.69, 9.17) is 32.7 Å². The molecule has 4 nitrogen and oxygen atoms in total. The normalized spacial score (nSPS) is 10.2. The first-order chi connectivity index (χ1) is 10.5. The summed E-state index contributed by atoms with van der Waals surface area (Å²) < 4.78 is 15.2. The van der Waals surface area contributed by atoms with Gasteiger partial charge in [0.25, 0.3) is 0 Å². The number of hydrogen-bond donors (Lipinski definition) is 0. The summed E-state index contributed by atoms with van der Waals surface area (Å²) in [6.45, 7) is 2.03. The van der Waals surface area contributed by atoms with Crippen LogP contribution in [0, 0.1) is 6.92 Å². The van der Waals surface area contributed by atoms with Crippen molar-refractivity contribution in [3.8, 4) is 11.5 Å². The van der Waals surface area contributed by atoms with Crippen molar-refractivity contribution in [1.29, 1.82) is 0 Å². The molecule has 0 aliphatic heterocycles. The predicted octanol–water partition coefficient (Wildman–Crippen LogP) is 5.03. The summed E-state index contributed by atoms with van der Waals surface area (Å²) in [6, 6.07) is 10.4. The molecule has 2 aromatic carbocycles. The van der Waals surface area contributed by atoms with E-state index in [1.54, 1.807) is 30.3 Å². The van der Waals surface area contributed by atoms with E-state index in [0.717, 1.165) is 5.56 Å². The highest BCUT2D eigenvalue weighted by atomic mass is 35.5. The fourth-order valence-electron chi connectivity index (χ4n) is 1.75. The van der Waals surface area contributed by atoms with Gasteiger partial charge in [-0.05, 0) is 24.6 Å². The first-order valence-corrected chi connectivity index (χ1v) is 7.19. The number of aryl methyl sites for hydroxylation is 1. The molecule has 0 N–H and O–H groups in total. The number of halogens is 2. The monoisotopic (exact) mass is 340 g/mol. The van der Waals surface area contributed by atoms with Gasteiger partial charge in [-0.2, -0.15) is 0 Å². The highest BCUT2D eigenvalue weighted by Crippen LogP contribution is 2.32. The zero-order valence-corrected chi connectivity index (χ0v) is 13.6. The minimum Gasteiger partial charge on any atom is -0.487 e. The van der Waals surface area contributed by atoms with Crippen LogP contribution in [0.5, 0.6) is 11.5 Å². The van der Waals surface area contributed by atoms with Crippen molar-refractivity contribution in [2.24, 2.45) is 0 Å². The molecule has 22 heavy (non-hydrogen) atoms. The molecule has 0 radical (unpaired) electrons. The average molecular weight is 341 g/mol. The van der Waals surface area contributed by atoms with Crippen LogP contribution in [-0.2, 0) is 11.3 Å². The summed E-state index contributed by atoms with van der Waals surface area (Å²) in [5.74, 6) is 0.828. The zero-order chi connectivity index (χ0) is 16.1. The topological polar surface area (TPSA) is 44.8 Å². The molecule has 0 fully saturated rings. The fourth-order valence-corrected chi connectivity index (χ4v) is 2.17. The van der Waals surface area contributed by atoms with E-state index in [-0.39, 0.29) is 6.61 Å². The summed E-state index contributed by atoms with van der Waals surface area (Å²) in [5.41, 5.74) is 1.55. The number of hydrogen-bond acceptors (Lipinski definition) is 4. The second-order valence-corrected chi connectivity index (χ2v) is 5.30. The van der Waals surface area contributed by atoms with Gasteiger partial charge in [-0.25, -0.2) is 4.79 Å². The number of benzene rings is 2. The number of rotatable bonds is 4. The molecule has 0 heterocycles. The number of ether oxygens (including phenoxy) is 3. The Morgan fingerprint density at radius 2 is 1.82 bits per heavy atom. The third kappa shape index (κ3) is 4.06. The Morgan fingerprint density at radius 1 is 1.09 bits per heavy atom. The minimum absolute atomic E-state index is 0.173. The minimum atomic E-state index is -0.788. The molecule has 0 atom stereocenters. The van der Waals surface area contributed by atoms with E-state index >= 15 is 0 Å². The van der Waals surface area contributed by atoms with Gasteiger partial charge in [0, 0.05) is 16.7 Å². The van der Waals surface area contributed by atoms with Gasteiger partial charge in [-0.3, -0.25) is 0 Å². The first-order valence-electron chi connectivity index (χ1n) is 6.43. The maximum atomic E-state index is 11.2. The van der Waals surface area contributed by atoms with Gasteiger partial charge in [-0.15, -0.1) is 0 Å². The number of carbonyl (C=O) groups is 1. The van der Waals surface area contributed by atoms with E-state index < -0.39 is 6.16 Å². The Labute approximate surface area is 138 Å². The first kappa shape index (κ1) is 16.5. The Hall–Kier alpha value is -1.91. The molecule has 2 aromatic rings. The third-order valence-electron chi connectivity index (χ3n) is 2.93. The molecule has 116 valence electrons. The van der Waals surface area contributed by atoms with E-state index in [1.807, 2.05) is 13.0 Å².